The molecule has 0 saturated heterocycles. The summed E-state index contributed by atoms with van der Waals surface area (Å²) in [4.78, 5) is 1.10. The Morgan fingerprint density at radius 2 is 2.28 bits per heavy atom. The van der Waals surface area contributed by atoms with Crippen LogP contribution >= 0.6 is 23.1 Å². The standard InChI is InChI=1S/C13H14ClFN2S/c1-2-6-16-8-9-7-12(17-18-9)10-4-3-5-11(14)13(10)15/h3-5,7,16H,2,6,8H2,1H3. The maximum absolute atomic E-state index is 13.8. The van der Waals surface area contributed by atoms with Crippen molar-refractivity contribution in [1.29, 1.82) is 0 Å². The summed E-state index contributed by atoms with van der Waals surface area (Å²) in [6, 6.07) is 6.87. The SMILES string of the molecule is CCCNCc1cc(-c2cccc(Cl)c2F)ns1. The average Bonchev–Trinajstić information content (AvgIpc) is 2.82. The van der Waals surface area contributed by atoms with Crippen molar-refractivity contribution in [2.45, 2.75) is 19.9 Å². The Balaban J connectivity index is 2.16. The molecule has 2 rings (SSSR count). The molecule has 1 aromatic carbocycles. The highest BCUT2D eigenvalue weighted by atomic mass is 35.5. The van der Waals surface area contributed by atoms with Gasteiger partial charge < -0.3 is 5.32 Å². The van der Waals surface area contributed by atoms with Crippen molar-refractivity contribution in [3.63, 3.8) is 0 Å². The summed E-state index contributed by atoms with van der Waals surface area (Å²) >= 11 is 7.15. The Bertz CT molecular complexity index is 527. The van der Waals surface area contributed by atoms with Gasteiger partial charge in [0.15, 0.2) is 5.82 Å². The van der Waals surface area contributed by atoms with Crippen LogP contribution in [0.25, 0.3) is 11.3 Å². The number of halogens is 2. The maximum Gasteiger partial charge on any atom is 0.151 e. The van der Waals surface area contributed by atoms with Gasteiger partial charge in [-0.3, -0.25) is 0 Å². The Morgan fingerprint density at radius 1 is 1.44 bits per heavy atom. The van der Waals surface area contributed by atoms with Crippen molar-refractivity contribution >= 4 is 23.1 Å². The number of aromatic nitrogens is 1. The summed E-state index contributed by atoms with van der Waals surface area (Å²) in [6.45, 7) is 3.86. The van der Waals surface area contributed by atoms with Gasteiger partial charge in [0, 0.05) is 17.0 Å². The predicted octanol–water partition coefficient (Wildman–Crippen LogP) is 4.10. The largest absolute Gasteiger partial charge is 0.312 e. The van der Waals surface area contributed by atoms with Crippen molar-refractivity contribution in [3.8, 4) is 11.3 Å². The minimum Gasteiger partial charge on any atom is -0.312 e. The van der Waals surface area contributed by atoms with Crippen LogP contribution in [0.2, 0.25) is 5.02 Å². The van der Waals surface area contributed by atoms with E-state index in [0.717, 1.165) is 24.4 Å². The third kappa shape index (κ3) is 3.07. The van der Waals surface area contributed by atoms with Crippen molar-refractivity contribution in [1.82, 2.24) is 9.69 Å². The smallest absolute Gasteiger partial charge is 0.151 e. The van der Waals surface area contributed by atoms with Gasteiger partial charge in [0.1, 0.15) is 0 Å². The fourth-order valence-corrected chi connectivity index (χ4v) is 2.49. The number of nitrogens with one attached hydrogen (secondary N) is 1. The maximum atomic E-state index is 13.8. The Labute approximate surface area is 115 Å². The van der Waals surface area contributed by atoms with Gasteiger partial charge in [-0.25, -0.2) is 4.39 Å². The van der Waals surface area contributed by atoms with Crippen LogP contribution in [0.15, 0.2) is 24.3 Å². The van der Waals surface area contributed by atoms with E-state index in [2.05, 4.69) is 16.6 Å². The summed E-state index contributed by atoms with van der Waals surface area (Å²) in [5.41, 5.74) is 1.11. The lowest BCUT2D eigenvalue weighted by molar-refractivity contribution is 0.631. The van der Waals surface area contributed by atoms with Gasteiger partial charge in [0.2, 0.25) is 0 Å². The first-order valence-electron chi connectivity index (χ1n) is 5.83. The quantitative estimate of drug-likeness (QED) is 0.836. The van der Waals surface area contributed by atoms with Crippen LogP contribution in [0, 0.1) is 5.82 Å². The highest BCUT2D eigenvalue weighted by Gasteiger charge is 2.11. The molecular weight excluding hydrogens is 271 g/mol. The van der Waals surface area contributed by atoms with Gasteiger partial charge >= 0.3 is 0 Å². The molecule has 18 heavy (non-hydrogen) atoms. The molecule has 0 radical (unpaired) electrons. The molecule has 96 valence electrons. The van der Waals surface area contributed by atoms with E-state index in [1.54, 1.807) is 12.1 Å². The molecule has 1 aromatic heterocycles. The molecule has 0 spiro atoms. The van der Waals surface area contributed by atoms with Crippen molar-refractivity contribution in [2.75, 3.05) is 6.54 Å². The molecule has 1 heterocycles. The fraction of sp³-hybridized carbons (Fsp3) is 0.308. The molecule has 0 aliphatic rings. The van der Waals surface area contributed by atoms with E-state index < -0.39 is 5.82 Å². The second-order valence-corrected chi connectivity index (χ2v) is 5.25. The molecule has 0 aliphatic carbocycles. The topological polar surface area (TPSA) is 24.9 Å². The second kappa shape index (κ2) is 6.27. The van der Waals surface area contributed by atoms with Crippen LogP contribution in [0.3, 0.4) is 0 Å². The summed E-state index contributed by atoms with van der Waals surface area (Å²) < 4.78 is 18.1. The average molecular weight is 285 g/mol. The van der Waals surface area contributed by atoms with Crippen LogP contribution in [0.1, 0.15) is 18.2 Å². The molecule has 0 fully saturated rings. The molecule has 0 amide bonds. The number of hydrogen-bond acceptors (Lipinski definition) is 3. The summed E-state index contributed by atoms with van der Waals surface area (Å²) in [5.74, 6) is -0.405. The Morgan fingerprint density at radius 3 is 3.06 bits per heavy atom. The number of hydrogen-bond donors (Lipinski definition) is 1. The van der Waals surface area contributed by atoms with Crippen molar-refractivity contribution < 1.29 is 4.39 Å². The lowest BCUT2D eigenvalue weighted by Crippen LogP contribution is -2.12. The second-order valence-electron chi connectivity index (χ2n) is 3.96. The molecule has 0 unspecified atom stereocenters. The molecular formula is C13H14ClFN2S. The highest BCUT2D eigenvalue weighted by Crippen LogP contribution is 2.28. The van der Waals surface area contributed by atoms with E-state index in [1.165, 1.54) is 17.6 Å². The molecule has 0 saturated carbocycles. The molecule has 0 aliphatic heterocycles. The van der Waals surface area contributed by atoms with E-state index in [1.807, 2.05) is 6.07 Å². The third-order valence-electron chi connectivity index (χ3n) is 2.51. The van der Waals surface area contributed by atoms with Crippen LogP contribution < -0.4 is 5.32 Å². The lowest BCUT2D eigenvalue weighted by atomic mass is 10.1. The molecule has 0 bridgehead atoms. The molecule has 2 aromatic rings. The van der Waals surface area contributed by atoms with Gasteiger partial charge in [-0.15, -0.1) is 0 Å². The fourth-order valence-electron chi connectivity index (χ4n) is 1.61. The highest BCUT2D eigenvalue weighted by molar-refractivity contribution is 7.06. The minimum absolute atomic E-state index is 0.131. The van der Waals surface area contributed by atoms with Crippen LogP contribution in [0.4, 0.5) is 4.39 Å². The zero-order valence-corrected chi connectivity index (χ0v) is 11.6. The van der Waals surface area contributed by atoms with E-state index in [-0.39, 0.29) is 5.02 Å². The lowest BCUT2D eigenvalue weighted by Gasteiger charge is -2.00. The molecule has 0 atom stereocenters. The van der Waals surface area contributed by atoms with Gasteiger partial charge in [-0.2, -0.15) is 4.37 Å². The van der Waals surface area contributed by atoms with Gasteiger partial charge in [-0.05, 0) is 42.7 Å². The van der Waals surface area contributed by atoms with Crippen LogP contribution in [0.5, 0.6) is 0 Å². The summed E-state index contributed by atoms with van der Waals surface area (Å²) in [5, 5.41) is 3.42. The van der Waals surface area contributed by atoms with Gasteiger partial charge in [0.25, 0.3) is 0 Å². The number of rotatable bonds is 5. The minimum atomic E-state index is -0.405. The van der Waals surface area contributed by atoms with Gasteiger partial charge in [0.05, 0.1) is 10.7 Å². The molecule has 2 nitrogen and oxygen atoms in total. The first-order valence-corrected chi connectivity index (χ1v) is 6.98. The number of benzene rings is 1. The van der Waals surface area contributed by atoms with E-state index in [9.17, 15) is 4.39 Å². The first kappa shape index (κ1) is 13.5. The van der Waals surface area contributed by atoms with E-state index in [4.69, 9.17) is 11.6 Å². The van der Waals surface area contributed by atoms with Crippen molar-refractivity contribution in [3.05, 3.63) is 40.0 Å². The summed E-state index contributed by atoms with van der Waals surface area (Å²) in [7, 11) is 0. The van der Waals surface area contributed by atoms with Crippen LogP contribution in [-0.4, -0.2) is 10.9 Å². The molecule has 5 heteroatoms. The Hall–Kier alpha value is -0.970. The Kier molecular flexibility index (Phi) is 4.69. The van der Waals surface area contributed by atoms with Gasteiger partial charge in [-0.1, -0.05) is 24.6 Å². The zero-order valence-electron chi connectivity index (χ0n) is 10.0. The summed E-state index contributed by atoms with van der Waals surface area (Å²) in [6.07, 6.45) is 1.09. The first-order chi connectivity index (χ1) is 8.72. The van der Waals surface area contributed by atoms with E-state index in [0.29, 0.717) is 11.3 Å². The normalized spacial score (nSPS) is 10.8. The predicted molar refractivity (Wildman–Crippen MR) is 74.5 cm³/mol. The third-order valence-corrected chi connectivity index (χ3v) is 3.59. The number of nitrogens with zero attached hydrogens (tertiary/aromatic N) is 1. The monoisotopic (exact) mass is 284 g/mol. The zero-order chi connectivity index (χ0) is 13.0. The van der Waals surface area contributed by atoms with Crippen LogP contribution in [-0.2, 0) is 6.54 Å². The molecule has 1 N–H and O–H groups in total. The van der Waals surface area contributed by atoms with E-state index >= 15 is 0 Å². The van der Waals surface area contributed by atoms with Crippen molar-refractivity contribution in [2.24, 2.45) is 0 Å².